The molecule has 5 aromatic rings. The van der Waals surface area contributed by atoms with Crippen LogP contribution in [0.5, 0.6) is 0 Å². The van der Waals surface area contributed by atoms with Crippen molar-refractivity contribution in [3.63, 3.8) is 0 Å². The zero-order chi connectivity index (χ0) is 18.4. The van der Waals surface area contributed by atoms with E-state index in [1.807, 2.05) is 0 Å². The van der Waals surface area contributed by atoms with E-state index < -0.39 is 0 Å². The topological polar surface area (TPSA) is 0 Å². The van der Waals surface area contributed by atoms with E-state index in [9.17, 15) is 0 Å². The quantitative estimate of drug-likeness (QED) is 0.225. The lowest BCUT2D eigenvalue weighted by atomic mass is 9.83. The molecule has 0 nitrogen and oxygen atoms in total. The first-order chi connectivity index (χ1) is 13.3. The minimum Gasteiger partial charge on any atom is -0.0622 e. The SMILES string of the molecule is CC(C)c1c2ccccc2c(-c2ccccc2)c2ccc3ccccc3c12. The Kier molecular flexibility index (Phi) is 3.72. The zero-order valence-electron chi connectivity index (χ0n) is 15.7. The molecule has 0 heteroatoms. The molecule has 0 radical (unpaired) electrons. The summed E-state index contributed by atoms with van der Waals surface area (Å²) in [7, 11) is 0. The summed E-state index contributed by atoms with van der Waals surface area (Å²) in [6.07, 6.45) is 0. The van der Waals surface area contributed by atoms with Gasteiger partial charge in [0.05, 0.1) is 0 Å². The highest BCUT2D eigenvalue weighted by Gasteiger charge is 2.18. The third kappa shape index (κ3) is 2.44. The van der Waals surface area contributed by atoms with E-state index >= 15 is 0 Å². The minimum atomic E-state index is 0.452. The van der Waals surface area contributed by atoms with E-state index in [-0.39, 0.29) is 0 Å². The molecule has 0 heterocycles. The summed E-state index contributed by atoms with van der Waals surface area (Å²) >= 11 is 0. The van der Waals surface area contributed by atoms with Crippen LogP contribution in [0.4, 0.5) is 0 Å². The highest BCUT2D eigenvalue weighted by Crippen LogP contribution is 2.44. The van der Waals surface area contributed by atoms with Crippen LogP contribution in [0.2, 0.25) is 0 Å². The minimum absolute atomic E-state index is 0.452. The number of hydrogen-bond donors (Lipinski definition) is 0. The maximum absolute atomic E-state index is 2.32. The summed E-state index contributed by atoms with van der Waals surface area (Å²) in [4.78, 5) is 0. The van der Waals surface area contributed by atoms with Crippen LogP contribution in [0.15, 0.2) is 91.0 Å². The zero-order valence-corrected chi connectivity index (χ0v) is 15.7. The summed E-state index contributed by atoms with van der Waals surface area (Å²) < 4.78 is 0. The number of rotatable bonds is 2. The van der Waals surface area contributed by atoms with Crippen molar-refractivity contribution in [3.8, 4) is 11.1 Å². The Balaban J connectivity index is 2.12. The molecule has 0 fully saturated rings. The van der Waals surface area contributed by atoms with E-state index in [1.54, 1.807) is 0 Å². The average Bonchev–Trinajstić information content (AvgIpc) is 2.72. The van der Waals surface area contributed by atoms with Gasteiger partial charge >= 0.3 is 0 Å². The fourth-order valence-corrected chi connectivity index (χ4v) is 4.50. The number of fused-ring (bicyclic) bond motifs is 4. The third-order valence-corrected chi connectivity index (χ3v) is 5.59. The summed E-state index contributed by atoms with van der Waals surface area (Å²) in [6.45, 7) is 4.62. The highest BCUT2D eigenvalue weighted by molar-refractivity contribution is 6.22. The van der Waals surface area contributed by atoms with Gasteiger partial charge in [0.1, 0.15) is 0 Å². The second-order valence-electron chi connectivity index (χ2n) is 7.56. The lowest BCUT2D eigenvalue weighted by molar-refractivity contribution is 0.886. The van der Waals surface area contributed by atoms with Gasteiger partial charge in [-0.15, -0.1) is 0 Å². The fourth-order valence-electron chi connectivity index (χ4n) is 4.50. The molecule has 27 heavy (non-hydrogen) atoms. The molecule has 5 aromatic carbocycles. The van der Waals surface area contributed by atoms with E-state index in [1.165, 1.54) is 49.0 Å². The monoisotopic (exact) mass is 346 g/mol. The Morgan fingerprint density at radius 1 is 0.519 bits per heavy atom. The van der Waals surface area contributed by atoms with Gasteiger partial charge in [0.15, 0.2) is 0 Å². The number of benzene rings is 5. The summed E-state index contributed by atoms with van der Waals surface area (Å²) in [5.41, 5.74) is 4.08. The molecular weight excluding hydrogens is 324 g/mol. The van der Waals surface area contributed by atoms with Crippen LogP contribution in [0, 0.1) is 0 Å². The summed E-state index contributed by atoms with van der Waals surface area (Å²) in [6, 6.07) is 33.1. The molecule has 0 aromatic heterocycles. The van der Waals surface area contributed by atoms with Gasteiger partial charge in [0.25, 0.3) is 0 Å². The molecule has 0 N–H and O–H groups in total. The molecule has 0 saturated carbocycles. The maximum atomic E-state index is 2.32. The van der Waals surface area contributed by atoms with Crippen molar-refractivity contribution in [2.24, 2.45) is 0 Å². The van der Waals surface area contributed by atoms with Crippen molar-refractivity contribution >= 4 is 32.3 Å². The van der Waals surface area contributed by atoms with Crippen LogP contribution in [0.25, 0.3) is 43.4 Å². The molecule has 0 spiro atoms. The highest BCUT2D eigenvalue weighted by atomic mass is 14.2. The molecule has 0 bridgehead atoms. The first-order valence-electron chi connectivity index (χ1n) is 9.67. The molecule has 5 rings (SSSR count). The van der Waals surface area contributed by atoms with Gasteiger partial charge in [-0.1, -0.05) is 105 Å². The first kappa shape index (κ1) is 16.1. The van der Waals surface area contributed by atoms with Crippen LogP contribution in [0.3, 0.4) is 0 Å². The molecule has 0 aliphatic rings. The van der Waals surface area contributed by atoms with Crippen molar-refractivity contribution < 1.29 is 0 Å². The van der Waals surface area contributed by atoms with Crippen LogP contribution in [-0.4, -0.2) is 0 Å². The van der Waals surface area contributed by atoms with Crippen molar-refractivity contribution in [2.75, 3.05) is 0 Å². The largest absolute Gasteiger partial charge is 0.0622 e. The van der Waals surface area contributed by atoms with E-state index in [4.69, 9.17) is 0 Å². The third-order valence-electron chi connectivity index (χ3n) is 5.59. The Hall–Kier alpha value is -3.12. The average molecular weight is 346 g/mol. The van der Waals surface area contributed by atoms with Gasteiger partial charge in [-0.3, -0.25) is 0 Å². The van der Waals surface area contributed by atoms with Crippen molar-refractivity contribution in [2.45, 2.75) is 19.8 Å². The summed E-state index contributed by atoms with van der Waals surface area (Å²) in [5.74, 6) is 0.452. The molecule has 0 aliphatic heterocycles. The molecule has 0 atom stereocenters. The lowest BCUT2D eigenvalue weighted by Crippen LogP contribution is -1.96. The van der Waals surface area contributed by atoms with E-state index in [0.29, 0.717) is 5.92 Å². The Labute approximate surface area is 160 Å². The Bertz CT molecular complexity index is 1280. The smallest absolute Gasteiger partial charge is 0.00264 e. The van der Waals surface area contributed by atoms with Gasteiger partial charge in [-0.2, -0.15) is 0 Å². The van der Waals surface area contributed by atoms with Gasteiger partial charge in [-0.25, -0.2) is 0 Å². The summed E-state index contributed by atoms with van der Waals surface area (Å²) in [5, 5.41) is 8.12. The molecule has 130 valence electrons. The van der Waals surface area contributed by atoms with Crippen molar-refractivity contribution in [1.29, 1.82) is 0 Å². The van der Waals surface area contributed by atoms with Crippen LogP contribution < -0.4 is 0 Å². The van der Waals surface area contributed by atoms with Crippen molar-refractivity contribution in [3.05, 3.63) is 96.6 Å². The van der Waals surface area contributed by atoms with Gasteiger partial charge in [0, 0.05) is 0 Å². The van der Waals surface area contributed by atoms with Crippen LogP contribution in [0.1, 0.15) is 25.3 Å². The van der Waals surface area contributed by atoms with E-state index in [0.717, 1.165) is 0 Å². The predicted octanol–water partition coefficient (Wildman–Crippen LogP) is 7.94. The van der Waals surface area contributed by atoms with Gasteiger partial charge in [-0.05, 0) is 54.9 Å². The molecule has 0 aliphatic carbocycles. The van der Waals surface area contributed by atoms with E-state index in [2.05, 4.69) is 105 Å². The Morgan fingerprint density at radius 2 is 1.15 bits per heavy atom. The molecule has 0 amide bonds. The second kappa shape index (κ2) is 6.25. The first-order valence-corrected chi connectivity index (χ1v) is 9.67. The Morgan fingerprint density at radius 3 is 1.89 bits per heavy atom. The normalized spacial score (nSPS) is 11.7. The van der Waals surface area contributed by atoms with Crippen molar-refractivity contribution in [1.82, 2.24) is 0 Å². The standard InChI is InChI=1S/C27H22/c1-18(2)25-22-14-8-9-15-23(22)26(20-11-4-3-5-12-20)24-17-16-19-10-6-7-13-21(19)27(24)25/h3-18H,1-2H3. The lowest BCUT2D eigenvalue weighted by Gasteiger charge is -2.20. The number of hydrogen-bond acceptors (Lipinski definition) is 0. The molecular formula is C27H22. The van der Waals surface area contributed by atoms with Gasteiger partial charge in [0.2, 0.25) is 0 Å². The van der Waals surface area contributed by atoms with Gasteiger partial charge < -0.3 is 0 Å². The maximum Gasteiger partial charge on any atom is -0.00264 e. The molecule has 0 saturated heterocycles. The predicted molar refractivity (Wildman–Crippen MR) is 118 cm³/mol. The second-order valence-corrected chi connectivity index (χ2v) is 7.56. The van der Waals surface area contributed by atoms with Crippen LogP contribution >= 0.6 is 0 Å². The van der Waals surface area contributed by atoms with Crippen LogP contribution in [-0.2, 0) is 0 Å². The molecule has 0 unspecified atom stereocenters. The fraction of sp³-hybridized carbons (Fsp3) is 0.111.